The fourth-order valence-electron chi connectivity index (χ4n) is 2.97. The zero-order valence-electron chi connectivity index (χ0n) is 14.4. The number of tetrazole rings is 1. The first kappa shape index (κ1) is 17.7. The summed E-state index contributed by atoms with van der Waals surface area (Å²) in [5.41, 5.74) is 0.589. The van der Waals surface area contributed by atoms with E-state index in [9.17, 15) is 14.0 Å². The number of amides is 2. The number of rotatable bonds is 4. The van der Waals surface area contributed by atoms with Gasteiger partial charge in [-0.3, -0.25) is 9.59 Å². The number of aryl methyl sites for hydroxylation is 1. The summed E-state index contributed by atoms with van der Waals surface area (Å²) in [7, 11) is 0. The van der Waals surface area contributed by atoms with Crippen molar-refractivity contribution in [2.24, 2.45) is 5.92 Å². The molecule has 0 spiro atoms. The van der Waals surface area contributed by atoms with E-state index in [2.05, 4.69) is 27.4 Å². The van der Waals surface area contributed by atoms with Gasteiger partial charge in [0.2, 0.25) is 11.8 Å². The van der Waals surface area contributed by atoms with Crippen LogP contribution in [0.2, 0.25) is 0 Å². The predicted octanol–water partition coefficient (Wildman–Crippen LogP) is 1.47. The number of nitrogens with one attached hydrogen (secondary N) is 1. The van der Waals surface area contributed by atoms with Gasteiger partial charge in [-0.25, -0.2) is 4.39 Å². The minimum atomic E-state index is -0.501. The molecule has 1 atom stereocenters. The molecular formula is C17H19FN6O2. The molecule has 0 saturated carbocycles. The number of nitrogens with zero attached hydrogens (tertiary/aromatic N) is 5. The first-order valence-electron chi connectivity index (χ1n) is 8.26. The van der Waals surface area contributed by atoms with Crippen LogP contribution < -0.4 is 5.32 Å². The van der Waals surface area contributed by atoms with Crippen molar-refractivity contribution in [1.82, 2.24) is 25.1 Å². The van der Waals surface area contributed by atoms with Crippen molar-refractivity contribution in [2.45, 2.75) is 19.8 Å². The monoisotopic (exact) mass is 358 g/mol. The zero-order chi connectivity index (χ0) is 18.7. The highest BCUT2D eigenvalue weighted by molar-refractivity contribution is 5.94. The molecule has 1 aliphatic heterocycles. The lowest BCUT2D eigenvalue weighted by Gasteiger charge is -2.31. The Kier molecular flexibility index (Phi) is 5.06. The Labute approximate surface area is 149 Å². The molecule has 2 heterocycles. The third-order valence-corrected chi connectivity index (χ3v) is 4.35. The van der Waals surface area contributed by atoms with Crippen LogP contribution in [0.15, 0.2) is 30.9 Å². The average Bonchev–Trinajstić information content (AvgIpc) is 3.08. The lowest BCUT2D eigenvalue weighted by Crippen LogP contribution is -2.43. The summed E-state index contributed by atoms with van der Waals surface area (Å²) in [4.78, 5) is 25.9. The molecule has 1 fully saturated rings. The lowest BCUT2D eigenvalue weighted by molar-refractivity contribution is -0.130. The van der Waals surface area contributed by atoms with Gasteiger partial charge < -0.3 is 10.2 Å². The summed E-state index contributed by atoms with van der Waals surface area (Å²) in [6, 6.07) is 4.21. The minimum absolute atomic E-state index is 0.150. The minimum Gasteiger partial charge on any atom is -0.338 e. The zero-order valence-corrected chi connectivity index (χ0v) is 14.4. The van der Waals surface area contributed by atoms with Gasteiger partial charge in [0.05, 0.1) is 5.92 Å². The normalized spacial score (nSPS) is 17.0. The molecule has 26 heavy (non-hydrogen) atoms. The molecule has 0 bridgehead atoms. The number of aromatic nitrogens is 4. The van der Waals surface area contributed by atoms with Crippen LogP contribution in [-0.2, 0) is 9.59 Å². The van der Waals surface area contributed by atoms with Gasteiger partial charge in [0, 0.05) is 18.8 Å². The Balaban J connectivity index is 1.74. The van der Waals surface area contributed by atoms with Gasteiger partial charge in [-0.15, -0.1) is 5.10 Å². The predicted molar refractivity (Wildman–Crippen MR) is 92.0 cm³/mol. The van der Waals surface area contributed by atoms with E-state index in [0.29, 0.717) is 31.0 Å². The van der Waals surface area contributed by atoms with Crippen LogP contribution in [0.25, 0.3) is 5.69 Å². The third-order valence-electron chi connectivity index (χ3n) is 4.35. The number of halogens is 1. The Bertz CT molecular complexity index is 850. The topological polar surface area (TPSA) is 93.0 Å². The highest BCUT2D eigenvalue weighted by Gasteiger charge is 2.27. The summed E-state index contributed by atoms with van der Waals surface area (Å²) < 4.78 is 15.4. The van der Waals surface area contributed by atoms with Crippen LogP contribution >= 0.6 is 0 Å². The Hall–Kier alpha value is -3.10. The van der Waals surface area contributed by atoms with E-state index in [-0.39, 0.29) is 23.4 Å². The second-order valence-electron chi connectivity index (χ2n) is 6.12. The van der Waals surface area contributed by atoms with E-state index in [1.807, 2.05) is 0 Å². The van der Waals surface area contributed by atoms with Crippen LogP contribution in [0.1, 0.15) is 18.7 Å². The molecule has 8 nitrogen and oxygen atoms in total. The van der Waals surface area contributed by atoms with Crippen LogP contribution in [0.5, 0.6) is 0 Å². The van der Waals surface area contributed by atoms with E-state index in [1.54, 1.807) is 11.8 Å². The number of benzene rings is 1. The summed E-state index contributed by atoms with van der Waals surface area (Å²) in [6.07, 6.45) is 2.68. The van der Waals surface area contributed by atoms with Crippen molar-refractivity contribution in [3.05, 3.63) is 42.5 Å². The standard InChI is InChI=1S/C17H19FN6O2/c1-3-16(25)23-8-4-5-12(10-23)17(26)19-13-6-7-14(18)15(9-13)24-11(2)20-21-22-24/h3,6-7,9,12H,1,4-5,8,10H2,2H3,(H,19,26). The maximum Gasteiger partial charge on any atom is 0.245 e. The van der Waals surface area contributed by atoms with Gasteiger partial charge in [0.25, 0.3) is 0 Å². The van der Waals surface area contributed by atoms with Crippen LogP contribution in [0.3, 0.4) is 0 Å². The first-order chi connectivity index (χ1) is 12.5. The maximum atomic E-state index is 14.1. The molecule has 1 unspecified atom stereocenters. The van der Waals surface area contributed by atoms with Crippen molar-refractivity contribution in [3.8, 4) is 5.69 Å². The second-order valence-corrected chi connectivity index (χ2v) is 6.12. The van der Waals surface area contributed by atoms with Gasteiger partial charge in [-0.1, -0.05) is 6.58 Å². The van der Waals surface area contributed by atoms with Crippen molar-refractivity contribution in [3.63, 3.8) is 0 Å². The summed E-state index contributed by atoms with van der Waals surface area (Å²) in [6.45, 7) is 6.09. The van der Waals surface area contributed by atoms with Gasteiger partial charge >= 0.3 is 0 Å². The molecule has 0 radical (unpaired) electrons. The van der Waals surface area contributed by atoms with Crippen molar-refractivity contribution < 1.29 is 14.0 Å². The van der Waals surface area contributed by atoms with Gasteiger partial charge in [0.15, 0.2) is 5.82 Å². The molecule has 0 aliphatic carbocycles. The van der Waals surface area contributed by atoms with Gasteiger partial charge in [0.1, 0.15) is 11.5 Å². The SMILES string of the molecule is C=CC(=O)N1CCCC(C(=O)Nc2ccc(F)c(-n3nnnc3C)c2)C1. The van der Waals surface area contributed by atoms with Crippen molar-refractivity contribution >= 4 is 17.5 Å². The van der Waals surface area contributed by atoms with E-state index in [4.69, 9.17) is 0 Å². The highest BCUT2D eigenvalue weighted by atomic mass is 19.1. The number of piperidine rings is 1. The number of hydrogen-bond donors (Lipinski definition) is 1. The number of anilines is 1. The molecule has 9 heteroatoms. The molecule has 1 N–H and O–H groups in total. The molecule has 1 aromatic carbocycles. The van der Waals surface area contributed by atoms with Crippen molar-refractivity contribution in [1.29, 1.82) is 0 Å². The summed E-state index contributed by atoms with van der Waals surface area (Å²) in [5.74, 6) is -0.786. The second kappa shape index (κ2) is 7.42. The van der Waals surface area contributed by atoms with Crippen LogP contribution in [-0.4, -0.2) is 50.0 Å². The molecule has 1 saturated heterocycles. The Morgan fingerprint density at radius 3 is 2.92 bits per heavy atom. The number of likely N-dealkylation sites (tertiary alicyclic amines) is 1. The van der Waals surface area contributed by atoms with E-state index in [0.717, 1.165) is 6.42 Å². The third kappa shape index (κ3) is 3.61. The van der Waals surface area contributed by atoms with Crippen LogP contribution in [0, 0.1) is 18.7 Å². The number of carbonyl (C=O) groups is 2. The van der Waals surface area contributed by atoms with Crippen LogP contribution in [0.4, 0.5) is 10.1 Å². The molecular weight excluding hydrogens is 339 g/mol. The molecule has 1 aromatic heterocycles. The summed E-state index contributed by atoms with van der Waals surface area (Å²) in [5, 5.41) is 13.8. The number of carbonyl (C=O) groups excluding carboxylic acids is 2. The van der Waals surface area contributed by atoms with E-state index in [1.165, 1.54) is 29.0 Å². The molecule has 2 amide bonds. The largest absolute Gasteiger partial charge is 0.338 e. The Morgan fingerprint density at radius 2 is 2.23 bits per heavy atom. The molecule has 2 aromatic rings. The van der Waals surface area contributed by atoms with E-state index >= 15 is 0 Å². The molecule has 1 aliphatic rings. The summed E-state index contributed by atoms with van der Waals surface area (Å²) >= 11 is 0. The lowest BCUT2D eigenvalue weighted by atomic mass is 9.97. The first-order valence-corrected chi connectivity index (χ1v) is 8.26. The van der Waals surface area contributed by atoms with Gasteiger partial charge in [-0.2, -0.15) is 4.68 Å². The fourth-order valence-corrected chi connectivity index (χ4v) is 2.97. The Morgan fingerprint density at radius 1 is 1.42 bits per heavy atom. The molecule has 136 valence electrons. The number of hydrogen-bond acceptors (Lipinski definition) is 5. The van der Waals surface area contributed by atoms with Gasteiger partial charge in [-0.05, 0) is 54.5 Å². The average molecular weight is 358 g/mol. The molecule has 3 rings (SSSR count). The smallest absolute Gasteiger partial charge is 0.245 e. The fraction of sp³-hybridized carbons (Fsp3) is 0.353. The highest BCUT2D eigenvalue weighted by Crippen LogP contribution is 2.22. The maximum absolute atomic E-state index is 14.1. The quantitative estimate of drug-likeness (QED) is 0.836. The van der Waals surface area contributed by atoms with Crippen molar-refractivity contribution in [2.75, 3.05) is 18.4 Å². The van der Waals surface area contributed by atoms with E-state index < -0.39 is 5.82 Å².